The van der Waals surface area contributed by atoms with Crippen LogP contribution in [0, 0.1) is 0 Å². The lowest BCUT2D eigenvalue weighted by Crippen LogP contribution is -2.32. The van der Waals surface area contributed by atoms with Gasteiger partial charge in [-0.05, 0) is 19.1 Å². The quantitative estimate of drug-likeness (QED) is 0.555. The third-order valence-corrected chi connectivity index (χ3v) is 2.31. The molecule has 0 aromatic heterocycles. The summed E-state index contributed by atoms with van der Waals surface area (Å²) in [5, 5.41) is 3.88. The van der Waals surface area contributed by atoms with Crippen molar-refractivity contribution in [2.75, 3.05) is 0 Å². The van der Waals surface area contributed by atoms with E-state index in [9.17, 15) is 0 Å². The van der Waals surface area contributed by atoms with Gasteiger partial charge in [-0.1, -0.05) is 17.7 Å². The van der Waals surface area contributed by atoms with Gasteiger partial charge < -0.3 is 10.2 Å². The molecule has 2 nitrogen and oxygen atoms in total. The van der Waals surface area contributed by atoms with Gasteiger partial charge in [-0.2, -0.15) is 0 Å². The van der Waals surface area contributed by atoms with Crippen LogP contribution in [0.1, 0.15) is 6.92 Å². The summed E-state index contributed by atoms with van der Waals surface area (Å²) in [6, 6.07) is 0. The van der Waals surface area contributed by atoms with Crippen molar-refractivity contribution in [3.8, 4) is 0 Å². The lowest BCUT2D eigenvalue weighted by Gasteiger charge is -2.23. The summed E-state index contributed by atoms with van der Waals surface area (Å²) >= 11 is 5.90. The van der Waals surface area contributed by atoms with E-state index in [4.69, 9.17) is 11.6 Å². The number of hydrogen-bond acceptors (Lipinski definition) is 2. The fourth-order valence-electron chi connectivity index (χ4n) is 1.28. The van der Waals surface area contributed by atoms with Crippen LogP contribution in [0.2, 0.25) is 0 Å². The summed E-state index contributed by atoms with van der Waals surface area (Å²) in [5.74, 6) is 0. The zero-order valence-electron chi connectivity index (χ0n) is 6.21. The number of rotatable bonds is 0. The van der Waals surface area contributed by atoms with E-state index in [2.05, 4.69) is 16.3 Å². The molecule has 0 saturated heterocycles. The fraction of sp³-hybridized carbons (Fsp3) is 0.250. The molecular weight excluding hydrogens is 160 g/mol. The Bertz CT molecular complexity index is 265. The molecule has 0 amide bonds. The summed E-state index contributed by atoms with van der Waals surface area (Å²) in [4.78, 5) is 2.10. The minimum absolute atomic E-state index is 0.229. The summed E-state index contributed by atoms with van der Waals surface area (Å²) in [6.07, 6.45) is 8.32. The van der Waals surface area contributed by atoms with E-state index in [1.807, 2.05) is 25.3 Å². The van der Waals surface area contributed by atoms with Gasteiger partial charge in [0, 0.05) is 6.20 Å². The molecule has 1 atom stereocenters. The summed E-state index contributed by atoms with van der Waals surface area (Å²) in [6.45, 7) is 2.00. The van der Waals surface area contributed by atoms with Crippen LogP contribution < -0.4 is 5.32 Å². The van der Waals surface area contributed by atoms with Crippen molar-refractivity contribution in [3.05, 3.63) is 35.3 Å². The number of allylic oxidation sites excluding steroid dienone is 3. The summed E-state index contributed by atoms with van der Waals surface area (Å²) in [5.41, 5.74) is 1.08. The monoisotopic (exact) mass is 168 g/mol. The second kappa shape index (κ2) is 2.31. The molecule has 0 fully saturated rings. The van der Waals surface area contributed by atoms with E-state index in [1.165, 1.54) is 0 Å². The lowest BCUT2D eigenvalue weighted by molar-refractivity contribution is 0.401. The van der Waals surface area contributed by atoms with Gasteiger partial charge in [0.25, 0.3) is 0 Å². The van der Waals surface area contributed by atoms with Crippen molar-refractivity contribution in [3.63, 3.8) is 0 Å². The van der Waals surface area contributed by atoms with Gasteiger partial charge in [0.05, 0.1) is 5.70 Å². The van der Waals surface area contributed by atoms with Crippen LogP contribution in [0.4, 0.5) is 0 Å². The molecule has 1 N–H and O–H groups in total. The molecule has 0 aromatic carbocycles. The Hall–Kier alpha value is -0.890. The largest absolute Gasteiger partial charge is 0.351 e. The third kappa shape index (κ3) is 0.942. The SMILES string of the molecule is CC1=C(Cl)NC2C=CC=CN12. The predicted molar refractivity (Wildman–Crippen MR) is 45.6 cm³/mol. The zero-order chi connectivity index (χ0) is 7.84. The van der Waals surface area contributed by atoms with Crippen LogP contribution in [0.3, 0.4) is 0 Å². The molecule has 2 heterocycles. The van der Waals surface area contributed by atoms with Crippen LogP contribution in [0.5, 0.6) is 0 Å². The van der Waals surface area contributed by atoms with Crippen molar-refractivity contribution < 1.29 is 0 Å². The Morgan fingerprint density at radius 1 is 1.55 bits per heavy atom. The van der Waals surface area contributed by atoms with Gasteiger partial charge >= 0.3 is 0 Å². The van der Waals surface area contributed by atoms with Crippen LogP contribution >= 0.6 is 11.6 Å². The maximum absolute atomic E-state index is 5.90. The maximum atomic E-state index is 5.90. The molecule has 1 unspecified atom stereocenters. The lowest BCUT2D eigenvalue weighted by atomic mass is 10.3. The molecule has 0 saturated carbocycles. The molecule has 0 bridgehead atoms. The molecule has 58 valence electrons. The first-order valence-electron chi connectivity index (χ1n) is 3.55. The van der Waals surface area contributed by atoms with Gasteiger partial charge in [0.2, 0.25) is 0 Å². The van der Waals surface area contributed by atoms with Crippen molar-refractivity contribution in [2.24, 2.45) is 0 Å². The van der Waals surface area contributed by atoms with E-state index in [-0.39, 0.29) is 6.17 Å². The first kappa shape index (κ1) is 6.80. The second-order valence-corrected chi connectivity index (χ2v) is 3.00. The maximum Gasteiger partial charge on any atom is 0.123 e. The highest BCUT2D eigenvalue weighted by atomic mass is 35.5. The standard InChI is InChI=1S/C8H9ClN2/c1-6-8(9)10-7-4-2-3-5-11(6)7/h2-5,7,10H,1H3. The van der Waals surface area contributed by atoms with Crippen LogP contribution in [0.15, 0.2) is 35.3 Å². The summed E-state index contributed by atoms with van der Waals surface area (Å²) in [7, 11) is 0. The number of fused-ring (bicyclic) bond motifs is 1. The molecule has 0 aromatic rings. The number of halogens is 1. The van der Waals surface area contributed by atoms with Crippen LogP contribution in [-0.2, 0) is 0 Å². The van der Waals surface area contributed by atoms with Gasteiger partial charge in [-0.3, -0.25) is 0 Å². The Labute approximate surface area is 70.8 Å². The highest BCUT2D eigenvalue weighted by Gasteiger charge is 2.24. The molecule has 0 aliphatic carbocycles. The Balaban J connectivity index is 2.32. The summed E-state index contributed by atoms with van der Waals surface area (Å²) < 4.78 is 0. The van der Waals surface area contributed by atoms with E-state index in [1.54, 1.807) is 0 Å². The van der Waals surface area contributed by atoms with Crippen molar-refractivity contribution in [1.29, 1.82) is 0 Å². The van der Waals surface area contributed by atoms with E-state index < -0.39 is 0 Å². The minimum Gasteiger partial charge on any atom is -0.351 e. The fourth-order valence-corrected chi connectivity index (χ4v) is 1.49. The van der Waals surface area contributed by atoms with E-state index in [0.717, 1.165) is 10.9 Å². The molecule has 0 radical (unpaired) electrons. The minimum atomic E-state index is 0.229. The molecule has 3 heteroatoms. The molecule has 2 aliphatic rings. The van der Waals surface area contributed by atoms with Gasteiger partial charge in [-0.25, -0.2) is 0 Å². The highest BCUT2D eigenvalue weighted by molar-refractivity contribution is 6.29. The van der Waals surface area contributed by atoms with Crippen molar-refractivity contribution >= 4 is 11.6 Å². The average molecular weight is 169 g/mol. The molecule has 11 heavy (non-hydrogen) atoms. The van der Waals surface area contributed by atoms with Gasteiger partial charge in [0.1, 0.15) is 11.3 Å². The molecular formula is C8H9ClN2. The Morgan fingerprint density at radius 2 is 2.36 bits per heavy atom. The number of nitrogens with zero attached hydrogens (tertiary/aromatic N) is 1. The second-order valence-electron chi connectivity index (χ2n) is 2.62. The van der Waals surface area contributed by atoms with Crippen molar-refractivity contribution in [2.45, 2.75) is 13.1 Å². The molecule has 2 aliphatic heterocycles. The molecule has 0 spiro atoms. The Kier molecular flexibility index (Phi) is 1.43. The first-order chi connectivity index (χ1) is 5.29. The predicted octanol–water partition coefficient (Wildman–Crippen LogP) is 1.73. The van der Waals surface area contributed by atoms with Gasteiger partial charge in [-0.15, -0.1) is 0 Å². The van der Waals surface area contributed by atoms with E-state index >= 15 is 0 Å². The first-order valence-corrected chi connectivity index (χ1v) is 3.93. The normalized spacial score (nSPS) is 27.5. The average Bonchev–Trinajstić information content (AvgIpc) is 2.30. The highest BCUT2D eigenvalue weighted by Crippen LogP contribution is 2.24. The topological polar surface area (TPSA) is 15.3 Å². The van der Waals surface area contributed by atoms with Gasteiger partial charge in [0.15, 0.2) is 0 Å². The number of hydrogen-bond donors (Lipinski definition) is 1. The third-order valence-electron chi connectivity index (χ3n) is 1.93. The molecule has 2 rings (SSSR count). The zero-order valence-corrected chi connectivity index (χ0v) is 6.97. The number of nitrogens with one attached hydrogen (secondary N) is 1. The smallest absolute Gasteiger partial charge is 0.123 e. The van der Waals surface area contributed by atoms with E-state index in [0.29, 0.717) is 0 Å². The van der Waals surface area contributed by atoms with Crippen LogP contribution in [-0.4, -0.2) is 11.1 Å². The Morgan fingerprint density at radius 3 is 3.09 bits per heavy atom. The van der Waals surface area contributed by atoms with Crippen molar-refractivity contribution in [1.82, 2.24) is 10.2 Å². The van der Waals surface area contributed by atoms with Crippen LogP contribution in [0.25, 0.3) is 0 Å².